The van der Waals surface area contributed by atoms with Gasteiger partial charge >= 0.3 is 0 Å². The Labute approximate surface area is 158 Å². The summed E-state index contributed by atoms with van der Waals surface area (Å²) < 4.78 is 28.4. The Balaban J connectivity index is 2.00. The number of hydrogen-bond donors (Lipinski definition) is 1. The molecule has 7 heteroatoms. The van der Waals surface area contributed by atoms with Crippen molar-refractivity contribution in [2.45, 2.75) is 42.7 Å². The second-order valence-corrected chi connectivity index (χ2v) is 9.70. The number of aryl methyl sites for hydroxylation is 1. The zero-order chi connectivity index (χ0) is 19.1. The molecule has 1 N–H and O–H groups in total. The Hall–Kier alpha value is -1.99. The van der Waals surface area contributed by atoms with Gasteiger partial charge in [-0.25, -0.2) is 8.42 Å². The van der Waals surface area contributed by atoms with Crippen LogP contribution in [0.2, 0.25) is 0 Å². The molecule has 0 aliphatic carbocycles. The lowest BCUT2D eigenvalue weighted by Crippen LogP contribution is -2.37. The predicted octanol–water partition coefficient (Wildman–Crippen LogP) is 3.95. The van der Waals surface area contributed by atoms with Crippen molar-refractivity contribution in [3.63, 3.8) is 0 Å². The number of fused-ring (bicyclic) bond motifs is 1. The maximum absolute atomic E-state index is 12.9. The normalized spacial score (nSPS) is 16.9. The van der Waals surface area contributed by atoms with Gasteiger partial charge in [-0.15, -0.1) is 11.8 Å². The number of rotatable bonds is 3. The van der Waals surface area contributed by atoms with Crippen molar-refractivity contribution in [2.24, 2.45) is 0 Å². The van der Waals surface area contributed by atoms with E-state index in [1.807, 2.05) is 26.0 Å². The maximum Gasteiger partial charge on any atom is 0.261 e. The van der Waals surface area contributed by atoms with Crippen LogP contribution in [0.3, 0.4) is 0 Å². The Bertz CT molecular complexity index is 971. The van der Waals surface area contributed by atoms with Gasteiger partial charge in [0, 0.05) is 23.6 Å². The molecular weight excluding hydrogens is 368 g/mol. The van der Waals surface area contributed by atoms with Gasteiger partial charge in [0.1, 0.15) is 0 Å². The van der Waals surface area contributed by atoms with E-state index in [1.54, 1.807) is 40.9 Å². The number of nitrogens with zero attached hydrogens (tertiary/aromatic N) is 1. The molecule has 5 nitrogen and oxygen atoms in total. The molecule has 1 atom stereocenters. The number of carbonyl (C=O) groups excluding carboxylic acids is 1. The maximum atomic E-state index is 12.9. The first-order valence-corrected chi connectivity index (χ1v) is 10.7. The first kappa shape index (κ1) is 18.8. The van der Waals surface area contributed by atoms with E-state index in [4.69, 9.17) is 0 Å². The van der Waals surface area contributed by atoms with Crippen molar-refractivity contribution in [1.82, 2.24) is 0 Å². The van der Waals surface area contributed by atoms with Crippen LogP contribution in [0.1, 0.15) is 25.0 Å². The van der Waals surface area contributed by atoms with Crippen molar-refractivity contribution in [2.75, 3.05) is 16.2 Å². The number of nitrogens with one attached hydrogen (secondary N) is 1. The van der Waals surface area contributed by atoms with Crippen LogP contribution in [-0.2, 0) is 14.8 Å². The third-order valence-corrected chi connectivity index (χ3v) is 7.04. The topological polar surface area (TPSA) is 66.5 Å². The molecule has 0 spiro atoms. The molecule has 1 aliphatic heterocycles. The van der Waals surface area contributed by atoms with Gasteiger partial charge in [-0.1, -0.05) is 19.1 Å². The quantitative estimate of drug-likeness (QED) is 0.862. The van der Waals surface area contributed by atoms with E-state index >= 15 is 0 Å². The summed E-state index contributed by atoms with van der Waals surface area (Å²) in [5.74, 6) is -0.0876. The lowest BCUT2D eigenvalue weighted by molar-refractivity contribution is -0.116. The molecule has 0 saturated heterocycles. The lowest BCUT2D eigenvalue weighted by atomic mass is 10.1. The van der Waals surface area contributed by atoms with Crippen LogP contribution in [0.5, 0.6) is 0 Å². The van der Waals surface area contributed by atoms with Crippen LogP contribution >= 0.6 is 11.8 Å². The van der Waals surface area contributed by atoms with Gasteiger partial charge in [0.25, 0.3) is 10.0 Å². The minimum atomic E-state index is -3.75. The molecule has 2 aromatic rings. The average Bonchev–Trinajstić information content (AvgIpc) is 2.57. The van der Waals surface area contributed by atoms with E-state index < -0.39 is 10.0 Å². The molecule has 0 bridgehead atoms. The van der Waals surface area contributed by atoms with Crippen LogP contribution in [0.15, 0.2) is 46.2 Å². The number of anilines is 2. The van der Waals surface area contributed by atoms with Crippen molar-refractivity contribution in [3.8, 4) is 0 Å². The fourth-order valence-corrected chi connectivity index (χ4v) is 5.18. The summed E-state index contributed by atoms with van der Waals surface area (Å²) in [4.78, 5) is 14.7. The highest BCUT2D eigenvalue weighted by Gasteiger charge is 2.27. The summed E-state index contributed by atoms with van der Waals surface area (Å²) in [6.45, 7) is 7.95. The highest BCUT2D eigenvalue weighted by atomic mass is 32.2. The Kier molecular flexibility index (Phi) is 5.03. The Morgan fingerprint density at radius 1 is 1.23 bits per heavy atom. The Morgan fingerprint density at radius 2 is 1.96 bits per heavy atom. The molecule has 0 aromatic heterocycles. The predicted molar refractivity (Wildman–Crippen MR) is 107 cm³/mol. The van der Waals surface area contributed by atoms with Gasteiger partial charge in [-0.05, 0) is 49.2 Å². The van der Waals surface area contributed by atoms with Gasteiger partial charge < -0.3 is 4.90 Å². The standard InChI is InChI=1S/C19H22N2O3S2/c1-12-6-5-7-17(14(12)3)20-26(23,24)16-8-9-19-18(10-16)21(15(4)22)11-13(2)25-19/h5-10,13,20H,11H2,1-4H3/t13-/m1/s1. The first-order chi connectivity index (χ1) is 12.2. The molecule has 0 radical (unpaired) electrons. The van der Waals surface area contributed by atoms with Gasteiger partial charge in [-0.3, -0.25) is 9.52 Å². The van der Waals surface area contributed by atoms with Gasteiger partial charge in [-0.2, -0.15) is 0 Å². The molecule has 3 rings (SSSR count). The third kappa shape index (κ3) is 3.59. The number of benzene rings is 2. The fourth-order valence-electron chi connectivity index (χ4n) is 2.95. The highest BCUT2D eigenvalue weighted by molar-refractivity contribution is 8.00. The minimum Gasteiger partial charge on any atom is -0.310 e. The average molecular weight is 391 g/mol. The summed E-state index contributed by atoms with van der Waals surface area (Å²) in [6, 6.07) is 10.5. The molecule has 1 heterocycles. The second kappa shape index (κ2) is 6.96. The third-order valence-electron chi connectivity index (χ3n) is 4.53. The number of carbonyl (C=O) groups is 1. The molecule has 26 heavy (non-hydrogen) atoms. The summed E-state index contributed by atoms with van der Waals surface area (Å²) in [5, 5.41) is 0.266. The monoisotopic (exact) mass is 390 g/mol. The SMILES string of the molecule is CC(=O)N1C[C@@H](C)Sc2ccc(S(=O)(=O)Nc3cccc(C)c3C)cc21. The summed E-state index contributed by atoms with van der Waals surface area (Å²) >= 11 is 1.65. The van der Waals surface area contributed by atoms with Crippen molar-refractivity contribution in [1.29, 1.82) is 0 Å². The van der Waals surface area contributed by atoms with E-state index in [0.717, 1.165) is 16.0 Å². The number of amides is 1. The summed E-state index contributed by atoms with van der Waals surface area (Å²) in [6.07, 6.45) is 0. The largest absolute Gasteiger partial charge is 0.310 e. The van der Waals surface area contributed by atoms with E-state index in [9.17, 15) is 13.2 Å². The van der Waals surface area contributed by atoms with E-state index in [-0.39, 0.29) is 16.1 Å². The second-order valence-electron chi connectivity index (χ2n) is 6.54. The zero-order valence-corrected chi connectivity index (χ0v) is 16.9. The number of sulfonamides is 1. The zero-order valence-electron chi connectivity index (χ0n) is 15.2. The van der Waals surface area contributed by atoms with Crippen LogP contribution in [0.25, 0.3) is 0 Å². The van der Waals surface area contributed by atoms with Crippen molar-refractivity contribution in [3.05, 3.63) is 47.5 Å². The number of thioether (sulfide) groups is 1. The molecule has 1 amide bonds. The van der Waals surface area contributed by atoms with Crippen LogP contribution in [0.4, 0.5) is 11.4 Å². The van der Waals surface area contributed by atoms with Crippen LogP contribution in [-0.4, -0.2) is 26.1 Å². The van der Waals surface area contributed by atoms with Gasteiger partial charge in [0.15, 0.2) is 0 Å². The molecule has 0 unspecified atom stereocenters. The van der Waals surface area contributed by atoms with E-state index in [2.05, 4.69) is 11.6 Å². The molecule has 2 aromatic carbocycles. The van der Waals surface area contributed by atoms with E-state index in [1.165, 1.54) is 6.92 Å². The minimum absolute atomic E-state index is 0.0876. The number of hydrogen-bond acceptors (Lipinski definition) is 4. The first-order valence-electron chi connectivity index (χ1n) is 8.37. The summed E-state index contributed by atoms with van der Waals surface area (Å²) in [7, 11) is -3.75. The molecule has 1 aliphatic rings. The Morgan fingerprint density at radius 3 is 2.65 bits per heavy atom. The lowest BCUT2D eigenvalue weighted by Gasteiger charge is -2.32. The molecular formula is C19H22N2O3S2. The molecule has 138 valence electrons. The van der Waals surface area contributed by atoms with E-state index in [0.29, 0.717) is 17.9 Å². The molecule has 0 saturated carbocycles. The smallest absolute Gasteiger partial charge is 0.261 e. The van der Waals surface area contributed by atoms with Crippen molar-refractivity contribution < 1.29 is 13.2 Å². The molecule has 0 fully saturated rings. The fraction of sp³-hybridized carbons (Fsp3) is 0.316. The van der Waals surface area contributed by atoms with Crippen LogP contribution in [0, 0.1) is 13.8 Å². The highest BCUT2D eigenvalue weighted by Crippen LogP contribution is 2.40. The van der Waals surface area contributed by atoms with Crippen molar-refractivity contribution >= 4 is 39.1 Å². The van der Waals surface area contributed by atoms with Gasteiger partial charge in [0.2, 0.25) is 5.91 Å². The van der Waals surface area contributed by atoms with Gasteiger partial charge in [0.05, 0.1) is 16.3 Å². The van der Waals surface area contributed by atoms with Crippen LogP contribution < -0.4 is 9.62 Å². The summed E-state index contributed by atoms with van der Waals surface area (Å²) in [5.41, 5.74) is 3.13.